The highest BCUT2D eigenvalue weighted by Crippen LogP contribution is 2.15. The number of hydrazone groups is 1. The van der Waals surface area contributed by atoms with Gasteiger partial charge in [0.15, 0.2) is 0 Å². The zero-order valence-electron chi connectivity index (χ0n) is 17.7. The SMILES string of the molecule is O=C(N/N=C/c1ccc2ccccc2c1)c1ccc(Cn2nnc(-c3ccccc3)n2)cc1. The fraction of sp³-hybridized carbons (Fsp3) is 0.0385. The number of nitrogens with one attached hydrogen (secondary N) is 1. The maximum absolute atomic E-state index is 12.4. The van der Waals surface area contributed by atoms with Crippen LogP contribution in [-0.2, 0) is 6.54 Å². The minimum atomic E-state index is -0.274. The van der Waals surface area contributed by atoms with Crippen molar-refractivity contribution in [1.29, 1.82) is 0 Å². The summed E-state index contributed by atoms with van der Waals surface area (Å²) in [5.74, 6) is 0.305. The molecule has 1 aromatic heterocycles. The molecular formula is C26H20N6O. The first-order valence-electron chi connectivity index (χ1n) is 10.5. The molecule has 0 saturated heterocycles. The zero-order valence-corrected chi connectivity index (χ0v) is 17.7. The van der Waals surface area contributed by atoms with E-state index in [-0.39, 0.29) is 5.91 Å². The van der Waals surface area contributed by atoms with Crippen LogP contribution in [0.1, 0.15) is 21.5 Å². The van der Waals surface area contributed by atoms with E-state index >= 15 is 0 Å². The molecule has 0 fully saturated rings. The van der Waals surface area contributed by atoms with E-state index in [0.29, 0.717) is 17.9 Å². The molecule has 7 heteroatoms. The largest absolute Gasteiger partial charge is 0.271 e. The molecule has 1 heterocycles. The van der Waals surface area contributed by atoms with E-state index in [1.807, 2.05) is 78.9 Å². The molecular weight excluding hydrogens is 412 g/mol. The highest BCUT2D eigenvalue weighted by atomic mass is 16.2. The lowest BCUT2D eigenvalue weighted by atomic mass is 10.1. The van der Waals surface area contributed by atoms with Crippen molar-refractivity contribution in [2.75, 3.05) is 0 Å². The monoisotopic (exact) mass is 432 g/mol. The third-order valence-electron chi connectivity index (χ3n) is 5.18. The van der Waals surface area contributed by atoms with Crippen molar-refractivity contribution in [3.63, 3.8) is 0 Å². The molecule has 0 aliphatic rings. The lowest BCUT2D eigenvalue weighted by molar-refractivity contribution is 0.0955. The van der Waals surface area contributed by atoms with Gasteiger partial charge in [-0.15, -0.1) is 10.2 Å². The first kappa shape index (κ1) is 20.3. The Kier molecular flexibility index (Phi) is 5.67. The van der Waals surface area contributed by atoms with Gasteiger partial charge < -0.3 is 0 Å². The van der Waals surface area contributed by atoms with E-state index in [2.05, 4.69) is 32.0 Å². The molecule has 0 aliphatic carbocycles. The number of fused-ring (bicyclic) bond motifs is 1. The van der Waals surface area contributed by atoms with Gasteiger partial charge in [-0.05, 0) is 45.3 Å². The van der Waals surface area contributed by atoms with Crippen molar-refractivity contribution < 1.29 is 4.79 Å². The van der Waals surface area contributed by atoms with Crippen molar-refractivity contribution in [2.24, 2.45) is 5.10 Å². The molecule has 1 amide bonds. The van der Waals surface area contributed by atoms with Gasteiger partial charge in [0.2, 0.25) is 5.82 Å². The van der Waals surface area contributed by atoms with E-state index in [4.69, 9.17) is 0 Å². The van der Waals surface area contributed by atoms with Gasteiger partial charge in [0.25, 0.3) is 5.91 Å². The van der Waals surface area contributed by atoms with Gasteiger partial charge >= 0.3 is 0 Å². The number of nitrogens with zero attached hydrogens (tertiary/aromatic N) is 5. The van der Waals surface area contributed by atoms with Crippen LogP contribution in [0.25, 0.3) is 22.2 Å². The maximum atomic E-state index is 12.4. The summed E-state index contributed by atoms with van der Waals surface area (Å²) >= 11 is 0. The summed E-state index contributed by atoms with van der Waals surface area (Å²) in [6, 6.07) is 31.1. The van der Waals surface area contributed by atoms with Crippen LogP contribution >= 0.6 is 0 Å². The Hall–Kier alpha value is -4.65. The van der Waals surface area contributed by atoms with E-state index < -0.39 is 0 Å². The summed E-state index contributed by atoms with van der Waals surface area (Å²) in [5.41, 5.74) is 5.89. The average molecular weight is 432 g/mol. The van der Waals surface area contributed by atoms with Gasteiger partial charge in [-0.1, -0.05) is 78.9 Å². The predicted octanol–water partition coefficient (Wildman–Crippen LogP) is 4.31. The molecule has 1 N–H and O–H groups in total. The topological polar surface area (TPSA) is 85.1 Å². The fourth-order valence-electron chi connectivity index (χ4n) is 3.46. The first-order valence-corrected chi connectivity index (χ1v) is 10.5. The average Bonchev–Trinajstić information content (AvgIpc) is 3.33. The summed E-state index contributed by atoms with van der Waals surface area (Å²) in [6.07, 6.45) is 1.64. The lowest BCUT2D eigenvalue weighted by Crippen LogP contribution is -2.17. The lowest BCUT2D eigenvalue weighted by Gasteiger charge is -2.03. The molecule has 160 valence electrons. The van der Waals surface area contributed by atoms with Crippen LogP contribution in [0.4, 0.5) is 0 Å². The van der Waals surface area contributed by atoms with E-state index in [1.165, 1.54) is 4.80 Å². The molecule has 0 spiro atoms. The van der Waals surface area contributed by atoms with Crippen molar-refractivity contribution in [1.82, 2.24) is 25.6 Å². The number of aromatic nitrogens is 4. The summed E-state index contributed by atoms with van der Waals surface area (Å²) in [7, 11) is 0. The molecule has 4 aromatic carbocycles. The van der Waals surface area contributed by atoms with Crippen molar-refractivity contribution >= 4 is 22.9 Å². The molecule has 5 aromatic rings. The minimum Gasteiger partial charge on any atom is -0.267 e. The second kappa shape index (κ2) is 9.23. The van der Waals surface area contributed by atoms with Gasteiger partial charge in [0, 0.05) is 11.1 Å². The molecule has 5 rings (SSSR count). The molecule has 7 nitrogen and oxygen atoms in total. The number of carbonyl (C=O) groups excluding carboxylic acids is 1. The third-order valence-corrected chi connectivity index (χ3v) is 5.18. The second-order valence-corrected chi connectivity index (χ2v) is 7.51. The van der Waals surface area contributed by atoms with Crippen LogP contribution in [0.15, 0.2) is 102 Å². The summed E-state index contributed by atoms with van der Waals surface area (Å²) in [5, 5.41) is 19.0. The van der Waals surface area contributed by atoms with E-state index in [1.54, 1.807) is 18.3 Å². The number of benzene rings is 4. The van der Waals surface area contributed by atoms with Gasteiger partial charge in [0.05, 0.1) is 12.8 Å². The summed E-state index contributed by atoms with van der Waals surface area (Å²) < 4.78 is 0. The van der Waals surface area contributed by atoms with E-state index in [9.17, 15) is 4.79 Å². The van der Waals surface area contributed by atoms with Gasteiger partial charge in [-0.25, -0.2) is 5.43 Å². The standard InChI is InChI=1S/C26H20N6O/c33-26(29-27-17-20-12-13-21-6-4-5-9-24(21)16-20)23-14-10-19(11-15-23)18-32-30-25(28-31-32)22-7-2-1-3-8-22/h1-17H,18H2,(H,29,33)/b27-17+. The smallest absolute Gasteiger partial charge is 0.267 e. The normalized spacial score (nSPS) is 11.2. The minimum absolute atomic E-state index is 0.274. The summed E-state index contributed by atoms with van der Waals surface area (Å²) in [6.45, 7) is 0.460. The molecule has 0 unspecified atom stereocenters. The number of tetrazole rings is 1. The second-order valence-electron chi connectivity index (χ2n) is 7.51. The number of hydrogen-bond acceptors (Lipinski definition) is 5. The summed E-state index contributed by atoms with van der Waals surface area (Å²) in [4.78, 5) is 13.9. The highest BCUT2D eigenvalue weighted by molar-refractivity contribution is 5.95. The quantitative estimate of drug-likeness (QED) is 0.320. The third kappa shape index (κ3) is 4.83. The Morgan fingerprint density at radius 1 is 0.879 bits per heavy atom. The van der Waals surface area contributed by atoms with Gasteiger partial charge in [0.1, 0.15) is 0 Å². The van der Waals surface area contributed by atoms with Crippen LogP contribution < -0.4 is 5.43 Å². The first-order chi connectivity index (χ1) is 16.2. The highest BCUT2D eigenvalue weighted by Gasteiger charge is 2.07. The van der Waals surface area contributed by atoms with Crippen LogP contribution in [-0.4, -0.2) is 32.3 Å². The molecule has 33 heavy (non-hydrogen) atoms. The Morgan fingerprint density at radius 3 is 2.45 bits per heavy atom. The van der Waals surface area contributed by atoms with Gasteiger partial charge in [-0.3, -0.25) is 4.79 Å². The molecule has 0 saturated carbocycles. The fourth-order valence-corrected chi connectivity index (χ4v) is 3.46. The molecule has 0 radical (unpaired) electrons. The van der Waals surface area contributed by atoms with Crippen LogP contribution in [0.5, 0.6) is 0 Å². The van der Waals surface area contributed by atoms with Crippen molar-refractivity contribution in [3.05, 3.63) is 114 Å². The van der Waals surface area contributed by atoms with E-state index in [0.717, 1.165) is 27.5 Å². The maximum Gasteiger partial charge on any atom is 0.271 e. The number of hydrogen-bond donors (Lipinski definition) is 1. The number of amides is 1. The van der Waals surface area contributed by atoms with Crippen LogP contribution in [0, 0.1) is 0 Å². The molecule has 0 bridgehead atoms. The van der Waals surface area contributed by atoms with Gasteiger partial charge in [-0.2, -0.15) is 9.90 Å². The molecule has 0 aliphatic heterocycles. The zero-order chi connectivity index (χ0) is 22.5. The Morgan fingerprint density at radius 2 is 1.64 bits per heavy atom. The number of carbonyl (C=O) groups is 1. The Labute approximate surface area is 190 Å². The van der Waals surface area contributed by atoms with Crippen LogP contribution in [0.2, 0.25) is 0 Å². The van der Waals surface area contributed by atoms with Crippen molar-refractivity contribution in [2.45, 2.75) is 6.54 Å². The van der Waals surface area contributed by atoms with Crippen molar-refractivity contribution in [3.8, 4) is 11.4 Å². The van der Waals surface area contributed by atoms with Crippen LogP contribution in [0.3, 0.4) is 0 Å². The number of rotatable bonds is 6. The Balaban J connectivity index is 1.19. The Bertz CT molecular complexity index is 1420. The predicted molar refractivity (Wildman–Crippen MR) is 128 cm³/mol. The molecule has 0 atom stereocenters.